The lowest BCUT2D eigenvalue weighted by molar-refractivity contribution is 0.0955. The molecular formula is C21H15Cl2FN2O2. The van der Waals surface area contributed by atoms with Crippen molar-refractivity contribution in [2.75, 3.05) is 0 Å². The standard InChI is InChI=1S/C21H15Cl2FN2O2/c22-18-10-5-14(11-19(18)23)13-28-20-4-2-1-3-16(20)12-25-26-21(27)15-6-8-17(24)9-7-15/h1-12H,13H2,(H,26,27)/b25-12-. The summed E-state index contributed by atoms with van der Waals surface area (Å²) >= 11 is 11.9. The summed E-state index contributed by atoms with van der Waals surface area (Å²) in [5, 5.41) is 4.89. The minimum atomic E-state index is -0.439. The first kappa shape index (κ1) is 19.9. The van der Waals surface area contributed by atoms with Crippen LogP contribution >= 0.6 is 23.2 Å². The molecule has 3 aromatic rings. The third kappa shape index (κ3) is 5.31. The maximum atomic E-state index is 12.9. The molecule has 3 aromatic carbocycles. The number of para-hydroxylation sites is 1. The van der Waals surface area contributed by atoms with E-state index in [1.165, 1.54) is 30.5 Å². The lowest BCUT2D eigenvalue weighted by Gasteiger charge is -2.09. The summed E-state index contributed by atoms with van der Waals surface area (Å²) in [6, 6.07) is 17.7. The highest BCUT2D eigenvalue weighted by Crippen LogP contribution is 2.24. The highest BCUT2D eigenvalue weighted by Gasteiger charge is 2.06. The van der Waals surface area contributed by atoms with E-state index < -0.39 is 11.7 Å². The van der Waals surface area contributed by atoms with Crippen LogP contribution in [0.1, 0.15) is 21.5 Å². The summed E-state index contributed by atoms with van der Waals surface area (Å²) in [4.78, 5) is 12.0. The number of halogens is 3. The Morgan fingerprint density at radius 2 is 1.79 bits per heavy atom. The first-order chi connectivity index (χ1) is 13.5. The molecule has 0 spiro atoms. The summed E-state index contributed by atoms with van der Waals surface area (Å²) in [5.41, 5.74) is 4.26. The van der Waals surface area contributed by atoms with Crippen molar-refractivity contribution in [2.45, 2.75) is 6.61 Å². The van der Waals surface area contributed by atoms with Gasteiger partial charge in [-0.25, -0.2) is 9.82 Å². The van der Waals surface area contributed by atoms with Gasteiger partial charge in [-0.15, -0.1) is 0 Å². The summed E-state index contributed by atoms with van der Waals surface area (Å²) in [5.74, 6) is -0.257. The van der Waals surface area contributed by atoms with Gasteiger partial charge in [0.25, 0.3) is 5.91 Å². The zero-order valence-electron chi connectivity index (χ0n) is 14.5. The van der Waals surface area contributed by atoms with Crippen LogP contribution in [0.4, 0.5) is 4.39 Å². The van der Waals surface area contributed by atoms with Crippen LogP contribution in [-0.2, 0) is 6.61 Å². The Labute approximate surface area is 171 Å². The molecule has 7 heteroatoms. The van der Waals surface area contributed by atoms with Crippen molar-refractivity contribution in [3.8, 4) is 5.75 Å². The first-order valence-corrected chi connectivity index (χ1v) is 9.03. The number of benzene rings is 3. The van der Waals surface area contributed by atoms with Crippen molar-refractivity contribution in [3.05, 3.63) is 99.3 Å². The first-order valence-electron chi connectivity index (χ1n) is 8.27. The molecule has 3 rings (SSSR count). The van der Waals surface area contributed by atoms with E-state index in [9.17, 15) is 9.18 Å². The number of hydrogen-bond acceptors (Lipinski definition) is 3. The molecule has 142 valence electrons. The number of rotatable bonds is 6. The van der Waals surface area contributed by atoms with Crippen LogP contribution in [0.5, 0.6) is 5.75 Å². The van der Waals surface area contributed by atoms with Crippen molar-refractivity contribution < 1.29 is 13.9 Å². The largest absolute Gasteiger partial charge is 0.488 e. The van der Waals surface area contributed by atoms with Gasteiger partial charge in [-0.2, -0.15) is 5.10 Å². The number of carbonyl (C=O) groups is 1. The third-order valence-electron chi connectivity index (χ3n) is 3.77. The van der Waals surface area contributed by atoms with E-state index in [4.69, 9.17) is 27.9 Å². The highest BCUT2D eigenvalue weighted by atomic mass is 35.5. The molecule has 0 saturated carbocycles. The normalized spacial score (nSPS) is 10.8. The van der Waals surface area contributed by atoms with Crippen molar-refractivity contribution in [2.24, 2.45) is 5.10 Å². The van der Waals surface area contributed by atoms with E-state index in [0.717, 1.165) is 5.56 Å². The van der Waals surface area contributed by atoms with E-state index >= 15 is 0 Å². The Morgan fingerprint density at radius 1 is 1.04 bits per heavy atom. The van der Waals surface area contributed by atoms with E-state index in [1.54, 1.807) is 24.3 Å². The van der Waals surface area contributed by atoms with Gasteiger partial charge in [0.15, 0.2) is 0 Å². The molecule has 1 amide bonds. The molecular weight excluding hydrogens is 402 g/mol. The molecule has 28 heavy (non-hydrogen) atoms. The highest BCUT2D eigenvalue weighted by molar-refractivity contribution is 6.42. The van der Waals surface area contributed by atoms with Crippen LogP contribution < -0.4 is 10.2 Å². The smallest absolute Gasteiger partial charge is 0.271 e. The van der Waals surface area contributed by atoms with Crippen LogP contribution in [-0.4, -0.2) is 12.1 Å². The second-order valence-corrected chi connectivity index (χ2v) is 6.60. The molecule has 0 aromatic heterocycles. The van der Waals surface area contributed by atoms with E-state index in [2.05, 4.69) is 10.5 Å². The molecule has 0 bridgehead atoms. The molecule has 0 saturated heterocycles. The number of carbonyl (C=O) groups excluding carboxylic acids is 1. The quantitative estimate of drug-likeness (QED) is 0.427. The predicted molar refractivity (Wildman–Crippen MR) is 109 cm³/mol. The van der Waals surface area contributed by atoms with Gasteiger partial charge < -0.3 is 4.74 Å². The second kappa shape index (κ2) is 9.35. The Balaban J connectivity index is 1.64. The predicted octanol–water partition coefficient (Wildman–Crippen LogP) is 5.48. The summed E-state index contributed by atoms with van der Waals surface area (Å²) < 4.78 is 18.7. The number of nitrogens with one attached hydrogen (secondary N) is 1. The average molecular weight is 417 g/mol. The van der Waals surface area contributed by atoms with E-state index in [-0.39, 0.29) is 0 Å². The summed E-state index contributed by atoms with van der Waals surface area (Å²) in [6.45, 7) is 0.295. The molecule has 1 N–H and O–H groups in total. The molecule has 0 unspecified atom stereocenters. The van der Waals surface area contributed by atoms with Crippen LogP contribution in [0.2, 0.25) is 10.0 Å². The number of nitrogens with zero attached hydrogens (tertiary/aromatic N) is 1. The molecule has 0 heterocycles. The van der Waals surface area contributed by atoms with Crippen LogP contribution in [0.25, 0.3) is 0 Å². The lowest BCUT2D eigenvalue weighted by atomic mass is 10.2. The van der Waals surface area contributed by atoms with Gasteiger partial charge in [-0.3, -0.25) is 4.79 Å². The summed E-state index contributed by atoms with van der Waals surface area (Å²) in [6.07, 6.45) is 1.48. The van der Waals surface area contributed by atoms with E-state index in [0.29, 0.717) is 33.5 Å². The third-order valence-corrected chi connectivity index (χ3v) is 4.51. The zero-order valence-corrected chi connectivity index (χ0v) is 16.0. The van der Waals surface area contributed by atoms with Gasteiger partial charge in [0.1, 0.15) is 18.2 Å². The maximum absolute atomic E-state index is 12.9. The van der Waals surface area contributed by atoms with Gasteiger partial charge in [-0.05, 0) is 54.1 Å². The van der Waals surface area contributed by atoms with Crippen LogP contribution in [0, 0.1) is 5.82 Å². The zero-order chi connectivity index (χ0) is 19.9. The molecule has 0 fully saturated rings. The molecule has 0 aliphatic carbocycles. The fourth-order valence-corrected chi connectivity index (χ4v) is 2.66. The summed E-state index contributed by atoms with van der Waals surface area (Å²) in [7, 11) is 0. The minimum Gasteiger partial charge on any atom is -0.488 e. The molecule has 0 atom stereocenters. The van der Waals surface area contributed by atoms with Gasteiger partial charge >= 0.3 is 0 Å². The topological polar surface area (TPSA) is 50.7 Å². The fourth-order valence-electron chi connectivity index (χ4n) is 2.34. The molecule has 4 nitrogen and oxygen atoms in total. The van der Waals surface area contributed by atoms with Crippen molar-refractivity contribution in [1.82, 2.24) is 5.43 Å². The molecule has 0 radical (unpaired) electrons. The van der Waals surface area contributed by atoms with Crippen molar-refractivity contribution in [1.29, 1.82) is 0 Å². The SMILES string of the molecule is O=C(N/N=C\c1ccccc1OCc1ccc(Cl)c(Cl)c1)c1ccc(F)cc1. The Kier molecular flexibility index (Phi) is 6.63. The Morgan fingerprint density at radius 3 is 2.54 bits per heavy atom. The number of hydrogen-bond donors (Lipinski definition) is 1. The number of hydrazone groups is 1. The van der Waals surface area contributed by atoms with Gasteiger partial charge in [-0.1, -0.05) is 41.4 Å². The second-order valence-electron chi connectivity index (χ2n) is 5.78. The van der Waals surface area contributed by atoms with Crippen molar-refractivity contribution in [3.63, 3.8) is 0 Å². The van der Waals surface area contributed by atoms with Gasteiger partial charge in [0, 0.05) is 11.1 Å². The number of ether oxygens (including phenoxy) is 1. The minimum absolute atomic E-state index is 0.295. The van der Waals surface area contributed by atoms with Gasteiger partial charge in [0.2, 0.25) is 0 Å². The maximum Gasteiger partial charge on any atom is 0.271 e. The average Bonchev–Trinajstić information content (AvgIpc) is 2.70. The Hall–Kier alpha value is -2.89. The number of amides is 1. The van der Waals surface area contributed by atoms with Crippen LogP contribution in [0.15, 0.2) is 71.8 Å². The van der Waals surface area contributed by atoms with E-state index in [1.807, 2.05) is 18.2 Å². The molecule has 0 aliphatic heterocycles. The fraction of sp³-hybridized carbons (Fsp3) is 0.0476. The van der Waals surface area contributed by atoms with Gasteiger partial charge in [0.05, 0.1) is 16.3 Å². The lowest BCUT2D eigenvalue weighted by Crippen LogP contribution is -2.17. The van der Waals surface area contributed by atoms with Crippen LogP contribution in [0.3, 0.4) is 0 Å². The molecule has 0 aliphatic rings. The van der Waals surface area contributed by atoms with Crippen molar-refractivity contribution >= 4 is 35.3 Å². The Bertz CT molecular complexity index is 1010. The monoisotopic (exact) mass is 416 g/mol.